The number of piperidine rings is 1. The van der Waals surface area contributed by atoms with Gasteiger partial charge in [0.25, 0.3) is 0 Å². The van der Waals surface area contributed by atoms with E-state index in [9.17, 15) is 0 Å². The van der Waals surface area contributed by atoms with Gasteiger partial charge in [0, 0.05) is 24.5 Å². The van der Waals surface area contributed by atoms with Crippen molar-refractivity contribution in [3.8, 4) is 0 Å². The van der Waals surface area contributed by atoms with Gasteiger partial charge in [0.2, 0.25) is 0 Å². The maximum atomic E-state index is 4.96. The van der Waals surface area contributed by atoms with Crippen molar-refractivity contribution in [2.45, 2.75) is 65.8 Å². The minimum Gasteiger partial charge on any atom is -0.348 e. The van der Waals surface area contributed by atoms with Crippen LogP contribution in [-0.4, -0.2) is 24.6 Å². The molecule has 0 amide bonds. The molecule has 0 radical (unpaired) electrons. The molecule has 1 unspecified atom stereocenters. The molecule has 2 heterocycles. The minimum atomic E-state index is 0.809. The van der Waals surface area contributed by atoms with Crippen LogP contribution >= 0.6 is 11.3 Å². The van der Waals surface area contributed by atoms with Crippen molar-refractivity contribution >= 4 is 16.5 Å². The van der Waals surface area contributed by atoms with Crippen LogP contribution in [0.25, 0.3) is 0 Å². The fraction of sp³-hybridized carbons (Fsp3) is 0.824. The molecule has 1 aromatic rings. The zero-order valence-electron chi connectivity index (χ0n) is 14.0. The Morgan fingerprint density at radius 1 is 1.33 bits per heavy atom. The summed E-state index contributed by atoms with van der Waals surface area (Å²) in [6.07, 6.45) is 7.50. The van der Waals surface area contributed by atoms with Gasteiger partial charge in [-0.2, -0.15) is 0 Å². The van der Waals surface area contributed by atoms with E-state index in [0.29, 0.717) is 0 Å². The molecule has 1 atom stereocenters. The Hall–Kier alpha value is -0.610. The summed E-state index contributed by atoms with van der Waals surface area (Å²) in [4.78, 5) is 8.93. The third-order valence-corrected chi connectivity index (χ3v) is 5.33. The fourth-order valence-corrected chi connectivity index (χ4v) is 4.05. The van der Waals surface area contributed by atoms with Crippen molar-refractivity contribution in [1.82, 2.24) is 10.3 Å². The van der Waals surface area contributed by atoms with Crippen LogP contribution in [0.1, 0.15) is 63.4 Å². The summed E-state index contributed by atoms with van der Waals surface area (Å²) in [5.41, 5.74) is 1.33. The molecular formula is C17H31N3S. The van der Waals surface area contributed by atoms with E-state index in [1.54, 1.807) is 0 Å². The summed E-state index contributed by atoms with van der Waals surface area (Å²) in [5.74, 6) is 0.809. The molecule has 2 rings (SSSR count). The lowest BCUT2D eigenvalue weighted by atomic mass is 10.0. The van der Waals surface area contributed by atoms with E-state index < -0.39 is 0 Å². The molecule has 1 aliphatic rings. The van der Waals surface area contributed by atoms with Gasteiger partial charge in [-0.05, 0) is 38.1 Å². The van der Waals surface area contributed by atoms with E-state index in [0.717, 1.165) is 25.4 Å². The van der Waals surface area contributed by atoms with E-state index in [2.05, 4.69) is 31.0 Å². The topological polar surface area (TPSA) is 28.2 Å². The molecule has 1 aliphatic heterocycles. The monoisotopic (exact) mass is 309 g/mol. The van der Waals surface area contributed by atoms with Crippen molar-refractivity contribution in [3.63, 3.8) is 0 Å². The van der Waals surface area contributed by atoms with Gasteiger partial charge < -0.3 is 10.2 Å². The second-order valence-corrected chi connectivity index (χ2v) is 7.40. The summed E-state index contributed by atoms with van der Waals surface area (Å²) in [7, 11) is 0. The van der Waals surface area contributed by atoms with Crippen LogP contribution in [-0.2, 0) is 13.0 Å². The van der Waals surface area contributed by atoms with Gasteiger partial charge in [-0.3, -0.25) is 0 Å². The molecule has 21 heavy (non-hydrogen) atoms. The Morgan fingerprint density at radius 3 is 2.90 bits per heavy atom. The molecule has 1 saturated heterocycles. The number of aromatic nitrogens is 1. The first kappa shape index (κ1) is 16.8. The zero-order chi connectivity index (χ0) is 15.1. The SMILES string of the molecule is CCCCNCc1sc(N2CCCC(C)C2)nc1CCC. The van der Waals surface area contributed by atoms with Gasteiger partial charge in [0.1, 0.15) is 0 Å². The maximum Gasteiger partial charge on any atom is 0.185 e. The van der Waals surface area contributed by atoms with E-state index in [4.69, 9.17) is 4.98 Å². The quantitative estimate of drug-likeness (QED) is 0.729. The van der Waals surface area contributed by atoms with Crippen LogP contribution in [0.5, 0.6) is 0 Å². The summed E-state index contributed by atoms with van der Waals surface area (Å²) in [6, 6.07) is 0. The average Bonchev–Trinajstić information content (AvgIpc) is 2.87. The zero-order valence-corrected chi connectivity index (χ0v) is 14.8. The summed E-state index contributed by atoms with van der Waals surface area (Å²) >= 11 is 1.92. The first-order valence-electron chi connectivity index (χ1n) is 8.68. The van der Waals surface area contributed by atoms with Gasteiger partial charge in [-0.15, -0.1) is 11.3 Å². The Morgan fingerprint density at radius 2 is 2.19 bits per heavy atom. The smallest absolute Gasteiger partial charge is 0.185 e. The molecule has 0 spiro atoms. The number of anilines is 1. The van der Waals surface area contributed by atoms with Gasteiger partial charge >= 0.3 is 0 Å². The van der Waals surface area contributed by atoms with E-state index in [1.165, 1.54) is 60.9 Å². The average molecular weight is 310 g/mol. The second-order valence-electron chi connectivity index (χ2n) is 6.34. The first-order valence-corrected chi connectivity index (χ1v) is 9.50. The third kappa shape index (κ3) is 4.96. The molecule has 1 fully saturated rings. The van der Waals surface area contributed by atoms with Crippen molar-refractivity contribution in [2.24, 2.45) is 5.92 Å². The summed E-state index contributed by atoms with van der Waals surface area (Å²) in [5, 5.41) is 4.84. The Balaban J connectivity index is 2.01. The maximum absolute atomic E-state index is 4.96. The highest BCUT2D eigenvalue weighted by Crippen LogP contribution is 2.30. The largest absolute Gasteiger partial charge is 0.348 e. The normalized spacial score (nSPS) is 19.2. The lowest BCUT2D eigenvalue weighted by Gasteiger charge is -2.30. The minimum absolute atomic E-state index is 0.809. The summed E-state index contributed by atoms with van der Waals surface area (Å²) < 4.78 is 0. The molecular weight excluding hydrogens is 278 g/mol. The number of hydrogen-bond acceptors (Lipinski definition) is 4. The van der Waals surface area contributed by atoms with Crippen LogP contribution in [0.3, 0.4) is 0 Å². The van der Waals surface area contributed by atoms with Crippen LogP contribution in [0.4, 0.5) is 5.13 Å². The highest BCUT2D eigenvalue weighted by Gasteiger charge is 2.21. The van der Waals surface area contributed by atoms with E-state index in [-0.39, 0.29) is 0 Å². The molecule has 3 nitrogen and oxygen atoms in total. The number of nitrogens with zero attached hydrogens (tertiary/aromatic N) is 2. The third-order valence-electron chi connectivity index (χ3n) is 4.17. The molecule has 0 aliphatic carbocycles. The van der Waals surface area contributed by atoms with Crippen molar-refractivity contribution < 1.29 is 0 Å². The first-order chi connectivity index (χ1) is 10.2. The van der Waals surface area contributed by atoms with Crippen molar-refractivity contribution in [1.29, 1.82) is 0 Å². The lowest BCUT2D eigenvalue weighted by molar-refractivity contribution is 0.446. The van der Waals surface area contributed by atoms with Crippen LogP contribution in [0, 0.1) is 5.92 Å². The molecule has 120 valence electrons. The van der Waals surface area contributed by atoms with Crippen LogP contribution in [0.2, 0.25) is 0 Å². The highest BCUT2D eigenvalue weighted by atomic mass is 32.1. The highest BCUT2D eigenvalue weighted by molar-refractivity contribution is 7.15. The fourth-order valence-electron chi connectivity index (χ4n) is 2.94. The van der Waals surface area contributed by atoms with Gasteiger partial charge in [0.05, 0.1) is 5.69 Å². The molecule has 4 heteroatoms. The van der Waals surface area contributed by atoms with E-state index in [1.807, 2.05) is 11.3 Å². The van der Waals surface area contributed by atoms with Gasteiger partial charge in [-0.1, -0.05) is 33.6 Å². The van der Waals surface area contributed by atoms with Crippen LogP contribution in [0.15, 0.2) is 0 Å². The Labute approximate surface area is 134 Å². The molecule has 1 aromatic heterocycles. The molecule has 1 N–H and O–H groups in total. The van der Waals surface area contributed by atoms with Gasteiger partial charge in [-0.25, -0.2) is 4.98 Å². The number of thiazole rings is 1. The van der Waals surface area contributed by atoms with Gasteiger partial charge in [0.15, 0.2) is 5.13 Å². The Kier molecular flexibility index (Phi) is 6.97. The Bertz CT molecular complexity index is 416. The number of aryl methyl sites for hydroxylation is 1. The van der Waals surface area contributed by atoms with E-state index >= 15 is 0 Å². The lowest BCUT2D eigenvalue weighted by Crippen LogP contribution is -2.34. The predicted octanol–water partition coefficient (Wildman–Crippen LogP) is 4.22. The standard InChI is InChI=1S/C17H31N3S/c1-4-6-10-18-12-16-15(8-5-2)19-17(21-16)20-11-7-9-14(3)13-20/h14,18H,4-13H2,1-3H3. The number of rotatable bonds is 8. The van der Waals surface area contributed by atoms with Crippen molar-refractivity contribution in [3.05, 3.63) is 10.6 Å². The molecule has 0 saturated carbocycles. The predicted molar refractivity (Wildman–Crippen MR) is 93.3 cm³/mol. The molecule has 0 bridgehead atoms. The summed E-state index contributed by atoms with van der Waals surface area (Å²) in [6.45, 7) is 11.3. The van der Waals surface area contributed by atoms with Crippen LogP contribution < -0.4 is 10.2 Å². The second kappa shape index (κ2) is 8.74. The number of nitrogens with one attached hydrogen (secondary N) is 1. The molecule has 0 aromatic carbocycles. The van der Waals surface area contributed by atoms with Crippen molar-refractivity contribution in [2.75, 3.05) is 24.5 Å². The number of unbranched alkanes of at least 4 members (excludes halogenated alkanes) is 1. The number of hydrogen-bond donors (Lipinski definition) is 1.